The molecule has 124 valence electrons. The zero-order valence-corrected chi connectivity index (χ0v) is 14.6. The molecule has 1 saturated heterocycles. The van der Waals surface area contributed by atoms with Gasteiger partial charge in [-0.1, -0.05) is 11.6 Å². The van der Waals surface area contributed by atoms with Crippen molar-refractivity contribution >= 4 is 11.6 Å². The molecule has 0 radical (unpaired) electrons. The van der Waals surface area contributed by atoms with Crippen molar-refractivity contribution in [1.29, 1.82) is 0 Å². The van der Waals surface area contributed by atoms with Crippen LogP contribution in [0.25, 0.3) is 0 Å². The molecule has 1 unspecified atom stereocenters. The molecule has 1 aliphatic carbocycles. The second-order valence-corrected chi connectivity index (χ2v) is 7.39. The third kappa shape index (κ3) is 2.58. The average Bonchev–Trinajstić information content (AvgIpc) is 2.95. The number of rotatable bonds is 3. The van der Waals surface area contributed by atoms with Crippen molar-refractivity contribution in [2.75, 3.05) is 13.1 Å². The van der Waals surface area contributed by atoms with Gasteiger partial charge in [0, 0.05) is 32.0 Å². The van der Waals surface area contributed by atoms with E-state index < -0.39 is 0 Å². The molecule has 1 aliphatic heterocycles. The first kappa shape index (κ1) is 15.1. The predicted octanol–water partition coefficient (Wildman–Crippen LogP) is 2.84. The molecule has 1 spiro atoms. The second kappa shape index (κ2) is 5.31. The van der Waals surface area contributed by atoms with Crippen LogP contribution >= 0.6 is 11.6 Å². The number of nitrogens with zero attached hydrogens (tertiary/aromatic N) is 5. The molecule has 23 heavy (non-hydrogen) atoms. The van der Waals surface area contributed by atoms with E-state index in [-0.39, 0.29) is 0 Å². The van der Waals surface area contributed by atoms with E-state index in [1.165, 1.54) is 19.3 Å². The van der Waals surface area contributed by atoms with Crippen molar-refractivity contribution in [1.82, 2.24) is 24.9 Å². The minimum atomic E-state index is 0.392. The lowest BCUT2D eigenvalue weighted by Crippen LogP contribution is -2.34. The molecule has 2 aromatic rings. The zero-order valence-electron chi connectivity index (χ0n) is 13.8. The summed E-state index contributed by atoms with van der Waals surface area (Å²) in [6.07, 6.45) is 3.57. The van der Waals surface area contributed by atoms with Crippen molar-refractivity contribution in [3.05, 3.63) is 28.2 Å². The van der Waals surface area contributed by atoms with Gasteiger partial charge in [0.2, 0.25) is 11.8 Å². The van der Waals surface area contributed by atoms with Crippen molar-refractivity contribution in [2.45, 2.75) is 45.6 Å². The summed E-state index contributed by atoms with van der Waals surface area (Å²) >= 11 is 6.35. The van der Waals surface area contributed by atoms with Crippen LogP contribution < -0.4 is 0 Å². The highest BCUT2D eigenvalue weighted by molar-refractivity contribution is 6.30. The van der Waals surface area contributed by atoms with Gasteiger partial charge in [0.1, 0.15) is 5.15 Å². The Morgan fingerprint density at radius 3 is 2.57 bits per heavy atom. The molecule has 2 aliphatic rings. The Hall–Kier alpha value is -1.40. The van der Waals surface area contributed by atoms with Crippen LogP contribution in [0.3, 0.4) is 0 Å². The maximum Gasteiger partial charge on any atom is 0.220 e. The Balaban J connectivity index is 1.39. The third-order valence-electron chi connectivity index (χ3n) is 5.53. The normalized spacial score (nSPS) is 23.6. The molecule has 2 aromatic heterocycles. The van der Waals surface area contributed by atoms with Crippen molar-refractivity contribution in [3.63, 3.8) is 0 Å². The van der Waals surface area contributed by atoms with Crippen LogP contribution in [0, 0.1) is 19.3 Å². The van der Waals surface area contributed by atoms with Gasteiger partial charge in [0.25, 0.3) is 0 Å². The van der Waals surface area contributed by atoms with Crippen molar-refractivity contribution < 1.29 is 4.42 Å². The first-order valence-corrected chi connectivity index (χ1v) is 8.57. The monoisotopic (exact) mass is 335 g/mol. The fourth-order valence-corrected chi connectivity index (χ4v) is 4.17. The highest BCUT2D eigenvalue weighted by Crippen LogP contribution is 2.64. The lowest BCUT2D eigenvalue weighted by molar-refractivity contribution is 0.160. The fraction of sp³-hybridized carbons (Fsp3) is 0.688. The van der Waals surface area contributed by atoms with Crippen LogP contribution in [0.5, 0.6) is 0 Å². The van der Waals surface area contributed by atoms with Gasteiger partial charge >= 0.3 is 0 Å². The predicted molar refractivity (Wildman–Crippen MR) is 86.3 cm³/mol. The number of hydrogen-bond acceptors (Lipinski definition) is 5. The van der Waals surface area contributed by atoms with Gasteiger partial charge in [-0.3, -0.25) is 9.58 Å². The smallest absolute Gasteiger partial charge is 0.220 e. The number of likely N-dealkylation sites (tertiary alicyclic amines) is 1. The summed E-state index contributed by atoms with van der Waals surface area (Å²) in [5.41, 5.74) is 2.58. The van der Waals surface area contributed by atoms with Gasteiger partial charge in [0.05, 0.1) is 5.69 Å². The van der Waals surface area contributed by atoms with Crippen LogP contribution in [-0.4, -0.2) is 38.0 Å². The van der Waals surface area contributed by atoms with Gasteiger partial charge < -0.3 is 4.42 Å². The third-order valence-corrected chi connectivity index (χ3v) is 6.01. The number of piperidine rings is 1. The Labute approximate surface area is 140 Å². The van der Waals surface area contributed by atoms with Crippen molar-refractivity contribution in [3.8, 4) is 0 Å². The molecule has 0 aromatic carbocycles. The molecule has 6 nitrogen and oxygen atoms in total. The van der Waals surface area contributed by atoms with Crippen LogP contribution in [-0.2, 0) is 13.6 Å². The van der Waals surface area contributed by atoms with E-state index in [2.05, 4.69) is 20.2 Å². The summed E-state index contributed by atoms with van der Waals surface area (Å²) in [5, 5.41) is 13.3. The topological polar surface area (TPSA) is 60.0 Å². The highest BCUT2D eigenvalue weighted by atomic mass is 35.5. The number of halogens is 1. The number of aromatic nitrogens is 4. The van der Waals surface area contributed by atoms with E-state index in [0.29, 0.717) is 17.2 Å². The Bertz CT molecular complexity index is 729. The maximum atomic E-state index is 6.35. The second-order valence-electron chi connectivity index (χ2n) is 7.03. The largest absolute Gasteiger partial charge is 0.425 e. The van der Waals surface area contributed by atoms with E-state index in [0.717, 1.165) is 41.9 Å². The van der Waals surface area contributed by atoms with Gasteiger partial charge in [0.15, 0.2) is 0 Å². The molecule has 3 heterocycles. The van der Waals surface area contributed by atoms with E-state index in [1.54, 1.807) is 4.68 Å². The first-order chi connectivity index (χ1) is 11.0. The van der Waals surface area contributed by atoms with E-state index in [1.807, 2.05) is 20.9 Å². The molecule has 0 N–H and O–H groups in total. The van der Waals surface area contributed by atoms with Crippen molar-refractivity contribution in [2.24, 2.45) is 12.5 Å². The summed E-state index contributed by atoms with van der Waals surface area (Å²) in [5.74, 6) is 1.97. The molecule has 7 heteroatoms. The standard InChI is InChI=1S/C16H22ClN5O/c1-10-12(14(17)21(3)20-10)9-22-6-4-16(5-7-22)8-13(16)15-19-18-11(2)23-15/h13H,4-9H2,1-3H3. The first-order valence-electron chi connectivity index (χ1n) is 8.19. The SMILES string of the molecule is Cc1nnc(C2CC23CCN(Cc2c(C)nn(C)c2Cl)CC3)o1. The van der Waals surface area contributed by atoms with Gasteiger partial charge in [-0.15, -0.1) is 10.2 Å². The summed E-state index contributed by atoms with van der Waals surface area (Å²) < 4.78 is 7.38. The van der Waals surface area contributed by atoms with E-state index >= 15 is 0 Å². The average molecular weight is 336 g/mol. The van der Waals surface area contributed by atoms with Gasteiger partial charge in [-0.2, -0.15) is 5.10 Å². The van der Waals surface area contributed by atoms with Crippen LogP contribution in [0.4, 0.5) is 0 Å². The minimum absolute atomic E-state index is 0.392. The van der Waals surface area contributed by atoms with Crippen LogP contribution in [0.2, 0.25) is 5.15 Å². The molecule has 0 bridgehead atoms. The molecular weight excluding hydrogens is 314 g/mol. The maximum absolute atomic E-state index is 6.35. The quantitative estimate of drug-likeness (QED) is 0.863. The fourth-order valence-electron chi connectivity index (χ4n) is 3.94. The van der Waals surface area contributed by atoms with Gasteiger partial charge in [-0.25, -0.2) is 0 Å². The lowest BCUT2D eigenvalue weighted by Gasteiger charge is -2.32. The zero-order chi connectivity index (χ0) is 16.2. The molecular formula is C16H22ClN5O. The number of hydrogen-bond donors (Lipinski definition) is 0. The Morgan fingerprint density at radius 2 is 2.00 bits per heavy atom. The highest BCUT2D eigenvalue weighted by Gasteiger charge is 2.58. The summed E-state index contributed by atoms with van der Waals surface area (Å²) in [6, 6.07) is 0. The van der Waals surface area contributed by atoms with Gasteiger partial charge in [-0.05, 0) is 44.7 Å². The summed E-state index contributed by atoms with van der Waals surface area (Å²) in [7, 11) is 1.89. The molecule has 1 saturated carbocycles. The molecule has 4 rings (SSSR count). The number of aryl methyl sites for hydroxylation is 3. The Morgan fingerprint density at radius 1 is 1.26 bits per heavy atom. The summed E-state index contributed by atoms with van der Waals surface area (Å²) in [6.45, 7) is 6.96. The molecule has 0 amide bonds. The minimum Gasteiger partial charge on any atom is -0.425 e. The lowest BCUT2D eigenvalue weighted by atomic mass is 9.90. The summed E-state index contributed by atoms with van der Waals surface area (Å²) in [4.78, 5) is 2.48. The van der Waals surface area contributed by atoms with Crippen LogP contribution in [0.15, 0.2) is 4.42 Å². The van der Waals surface area contributed by atoms with Crippen LogP contribution in [0.1, 0.15) is 48.2 Å². The van der Waals surface area contributed by atoms with E-state index in [4.69, 9.17) is 16.0 Å². The Kier molecular flexibility index (Phi) is 3.50. The molecule has 2 fully saturated rings. The van der Waals surface area contributed by atoms with E-state index in [9.17, 15) is 0 Å². The molecule has 1 atom stereocenters.